The Morgan fingerprint density at radius 1 is 1.03 bits per heavy atom. The van der Waals surface area contributed by atoms with Crippen molar-refractivity contribution in [2.24, 2.45) is 5.10 Å². The van der Waals surface area contributed by atoms with Crippen LogP contribution in [0.1, 0.15) is 22.8 Å². The summed E-state index contributed by atoms with van der Waals surface area (Å²) in [5.41, 5.74) is 1.96. The van der Waals surface area contributed by atoms with E-state index in [4.69, 9.17) is 14.2 Å². The SMILES string of the molecule is CCOc1cc(C(=O)N/N=C/c2cc(Br)cc(Br)c2Oc2ccc([N+](=O)[O-])cc2[N+](=O)[O-])ccc1OC. The fourth-order valence-electron chi connectivity index (χ4n) is 3.05. The minimum atomic E-state index is -0.783. The number of non-ortho nitro benzene ring substituents is 1. The van der Waals surface area contributed by atoms with E-state index in [1.165, 1.54) is 19.4 Å². The van der Waals surface area contributed by atoms with Gasteiger partial charge in [-0.3, -0.25) is 25.0 Å². The fourth-order valence-corrected chi connectivity index (χ4v) is 4.39. The van der Waals surface area contributed by atoms with E-state index in [2.05, 4.69) is 42.4 Å². The van der Waals surface area contributed by atoms with Gasteiger partial charge in [-0.1, -0.05) is 15.9 Å². The largest absolute Gasteiger partial charge is 0.493 e. The molecule has 192 valence electrons. The maximum atomic E-state index is 12.6. The van der Waals surface area contributed by atoms with Crippen molar-refractivity contribution in [3.05, 3.63) is 88.8 Å². The third kappa shape index (κ3) is 6.80. The number of carbonyl (C=O) groups is 1. The van der Waals surface area contributed by atoms with Crippen LogP contribution in [-0.2, 0) is 0 Å². The van der Waals surface area contributed by atoms with Gasteiger partial charge < -0.3 is 14.2 Å². The smallest absolute Gasteiger partial charge is 0.318 e. The Hall–Kier alpha value is -4.04. The summed E-state index contributed by atoms with van der Waals surface area (Å²) >= 11 is 6.69. The molecule has 0 heterocycles. The first kappa shape index (κ1) is 27.5. The Morgan fingerprint density at radius 2 is 1.76 bits per heavy atom. The van der Waals surface area contributed by atoms with Crippen molar-refractivity contribution >= 4 is 55.4 Å². The van der Waals surface area contributed by atoms with Crippen LogP contribution in [0.2, 0.25) is 0 Å². The zero-order chi connectivity index (χ0) is 27.1. The van der Waals surface area contributed by atoms with Gasteiger partial charge in [0.15, 0.2) is 17.2 Å². The highest BCUT2D eigenvalue weighted by Crippen LogP contribution is 2.40. The van der Waals surface area contributed by atoms with Crippen molar-refractivity contribution in [1.29, 1.82) is 0 Å². The monoisotopic (exact) mass is 636 g/mol. The molecule has 0 saturated heterocycles. The average Bonchev–Trinajstić information content (AvgIpc) is 2.85. The minimum absolute atomic E-state index is 0.126. The minimum Gasteiger partial charge on any atom is -0.493 e. The van der Waals surface area contributed by atoms with Gasteiger partial charge in [0.05, 0.1) is 40.3 Å². The normalized spacial score (nSPS) is 10.7. The van der Waals surface area contributed by atoms with Crippen LogP contribution in [0.25, 0.3) is 0 Å². The second kappa shape index (κ2) is 12.3. The van der Waals surface area contributed by atoms with Crippen LogP contribution in [0.5, 0.6) is 23.0 Å². The van der Waals surface area contributed by atoms with Gasteiger partial charge in [-0.2, -0.15) is 5.10 Å². The lowest BCUT2D eigenvalue weighted by atomic mass is 10.2. The summed E-state index contributed by atoms with van der Waals surface area (Å²) in [5, 5.41) is 26.5. The van der Waals surface area contributed by atoms with Crippen LogP contribution in [0.15, 0.2) is 62.6 Å². The molecule has 0 atom stereocenters. The lowest BCUT2D eigenvalue weighted by Gasteiger charge is -2.12. The molecule has 1 N–H and O–H groups in total. The molecule has 3 aromatic rings. The summed E-state index contributed by atoms with van der Waals surface area (Å²) in [4.78, 5) is 33.6. The number of halogens is 2. The van der Waals surface area contributed by atoms with Crippen LogP contribution < -0.4 is 19.6 Å². The zero-order valence-corrected chi connectivity index (χ0v) is 22.4. The van der Waals surface area contributed by atoms with Gasteiger partial charge in [0.25, 0.3) is 11.6 Å². The molecule has 0 radical (unpaired) electrons. The van der Waals surface area contributed by atoms with Crippen molar-refractivity contribution in [1.82, 2.24) is 5.43 Å². The van der Waals surface area contributed by atoms with Crippen LogP contribution in [-0.4, -0.2) is 35.7 Å². The Labute approximate surface area is 226 Å². The van der Waals surface area contributed by atoms with E-state index in [-0.39, 0.29) is 17.1 Å². The molecule has 0 aliphatic carbocycles. The molecule has 0 bridgehead atoms. The zero-order valence-electron chi connectivity index (χ0n) is 19.3. The molecule has 0 saturated carbocycles. The van der Waals surface area contributed by atoms with E-state index >= 15 is 0 Å². The highest BCUT2D eigenvalue weighted by molar-refractivity contribution is 9.11. The molecule has 0 fully saturated rings. The van der Waals surface area contributed by atoms with Gasteiger partial charge in [-0.25, -0.2) is 5.43 Å². The predicted molar refractivity (Wildman–Crippen MR) is 141 cm³/mol. The van der Waals surface area contributed by atoms with E-state index in [0.29, 0.717) is 32.6 Å². The third-order valence-electron chi connectivity index (χ3n) is 4.69. The first-order chi connectivity index (χ1) is 17.6. The number of amides is 1. The summed E-state index contributed by atoms with van der Waals surface area (Å²) in [6.07, 6.45) is 1.28. The number of nitrogens with zero attached hydrogens (tertiary/aromatic N) is 3. The number of hydrazone groups is 1. The van der Waals surface area contributed by atoms with Crippen LogP contribution in [0.3, 0.4) is 0 Å². The average molecular weight is 638 g/mol. The van der Waals surface area contributed by atoms with Crippen molar-refractivity contribution < 1.29 is 28.9 Å². The van der Waals surface area contributed by atoms with Crippen molar-refractivity contribution in [3.8, 4) is 23.0 Å². The number of benzene rings is 3. The van der Waals surface area contributed by atoms with Crippen LogP contribution in [0.4, 0.5) is 11.4 Å². The lowest BCUT2D eigenvalue weighted by molar-refractivity contribution is -0.394. The molecule has 3 rings (SSSR count). The quantitative estimate of drug-likeness (QED) is 0.161. The van der Waals surface area contributed by atoms with E-state index < -0.39 is 27.1 Å². The summed E-state index contributed by atoms with van der Waals surface area (Å²) in [7, 11) is 1.49. The number of ether oxygens (including phenoxy) is 3. The Bertz CT molecular complexity index is 1400. The van der Waals surface area contributed by atoms with Crippen LogP contribution >= 0.6 is 31.9 Å². The van der Waals surface area contributed by atoms with Gasteiger partial charge in [-0.15, -0.1) is 0 Å². The number of hydrogen-bond acceptors (Lipinski definition) is 9. The summed E-state index contributed by atoms with van der Waals surface area (Å²) in [5.74, 6) is 0.253. The standard InChI is InChI=1S/C23H18Br2N4O8/c1-3-36-21-9-13(4-6-20(21)35-2)23(30)27-26-12-14-8-15(24)10-17(25)22(14)37-19-7-5-16(28(31)32)11-18(19)29(33)34/h4-12H,3H2,1-2H3,(H,27,30)/b26-12+. The Morgan fingerprint density at radius 3 is 2.41 bits per heavy atom. The van der Waals surface area contributed by atoms with Crippen molar-refractivity contribution in [3.63, 3.8) is 0 Å². The molecule has 1 amide bonds. The summed E-state index contributed by atoms with van der Waals surface area (Å²) < 4.78 is 17.5. The van der Waals surface area contributed by atoms with Gasteiger partial charge in [0, 0.05) is 21.7 Å². The van der Waals surface area contributed by atoms with Gasteiger partial charge >= 0.3 is 5.69 Å². The first-order valence-corrected chi connectivity index (χ1v) is 12.0. The predicted octanol–water partition coefficient (Wildman–Crippen LogP) is 5.99. The molecule has 0 aromatic heterocycles. The number of nitro groups is 2. The topological polar surface area (TPSA) is 155 Å². The molecule has 0 aliphatic heterocycles. The number of hydrogen-bond donors (Lipinski definition) is 1. The number of methoxy groups -OCH3 is 1. The molecular weight excluding hydrogens is 620 g/mol. The second-order valence-corrected chi connectivity index (χ2v) is 8.84. The maximum absolute atomic E-state index is 12.6. The van der Waals surface area contributed by atoms with Crippen LogP contribution in [0, 0.1) is 20.2 Å². The summed E-state index contributed by atoms with van der Waals surface area (Å²) in [6, 6.07) is 10.9. The molecule has 37 heavy (non-hydrogen) atoms. The number of rotatable bonds is 10. The molecule has 3 aromatic carbocycles. The van der Waals surface area contributed by atoms with Gasteiger partial charge in [0.1, 0.15) is 0 Å². The maximum Gasteiger partial charge on any atom is 0.318 e. The Balaban J connectivity index is 1.89. The molecule has 0 unspecified atom stereocenters. The number of nitrogens with one attached hydrogen (secondary N) is 1. The first-order valence-electron chi connectivity index (χ1n) is 10.4. The highest BCUT2D eigenvalue weighted by atomic mass is 79.9. The molecular formula is C23H18Br2N4O8. The molecule has 0 spiro atoms. The molecule has 0 aliphatic rings. The van der Waals surface area contributed by atoms with Gasteiger partial charge in [-0.05, 0) is 59.3 Å². The van der Waals surface area contributed by atoms with Gasteiger partial charge in [0.2, 0.25) is 5.75 Å². The van der Waals surface area contributed by atoms with E-state index in [1.54, 1.807) is 31.2 Å². The van der Waals surface area contributed by atoms with Crippen molar-refractivity contribution in [2.75, 3.05) is 13.7 Å². The van der Waals surface area contributed by atoms with E-state index in [0.717, 1.165) is 18.2 Å². The fraction of sp³-hybridized carbons (Fsp3) is 0.130. The highest BCUT2D eigenvalue weighted by Gasteiger charge is 2.23. The molecule has 12 nitrogen and oxygen atoms in total. The summed E-state index contributed by atoms with van der Waals surface area (Å²) in [6.45, 7) is 2.19. The second-order valence-electron chi connectivity index (χ2n) is 7.07. The third-order valence-corrected chi connectivity index (χ3v) is 5.74. The van der Waals surface area contributed by atoms with E-state index in [1.807, 2.05) is 0 Å². The number of nitro benzene ring substituents is 2. The van der Waals surface area contributed by atoms with Crippen molar-refractivity contribution in [2.45, 2.75) is 6.92 Å². The Kier molecular flexibility index (Phi) is 9.14. The van der Waals surface area contributed by atoms with E-state index in [9.17, 15) is 25.0 Å². The number of carbonyl (C=O) groups excluding carboxylic acids is 1. The lowest BCUT2D eigenvalue weighted by Crippen LogP contribution is -2.17. The molecule has 14 heteroatoms.